The molecule has 0 aliphatic heterocycles. The van der Waals surface area contributed by atoms with E-state index in [9.17, 15) is 14.7 Å². The Bertz CT molecular complexity index is 1480. The van der Waals surface area contributed by atoms with Crippen LogP contribution >= 0.6 is 23.4 Å². The zero-order chi connectivity index (χ0) is 27.1. The van der Waals surface area contributed by atoms with E-state index in [1.165, 1.54) is 0 Å². The molecule has 3 aromatic carbocycles. The molecular weight excluding hydrogens is 514 g/mol. The van der Waals surface area contributed by atoms with Crippen LogP contribution in [-0.4, -0.2) is 27.6 Å². The SMILES string of the molecule is CC(=O)c1ccccc1CC[C@H](SC[C@H](C)C(=O)O)c1cccc(/C=C/c2ccc3ccc(Cl)cc3n2)c1. The number of halogens is 1. The number of carboxylic acid groups (broad SMARTS) is 1. The number of fused-ring (bicyclic) bond motifs is 1. The first-order valence-corrected chi connectivity index (χ1v) is 14.0. The second-order valence-corrected chi connectivity index (χ2v) is 11.1. The maximum atomic E-state index is 12.1. The quantitative estimate of drug-likeness (QED) is 0.192. The molecule has 1 N–H and O–H groups in total. The Morgan fingerprint density at radius 2 is 1.79 bits per heavy atom. The molecule has 6 heteroatoms. The van der Waals surface area contributed by atoms with Gasteiger partial charge < -0.3 is 5.11 Å². The minimum Gasteiger partial charge on any atom is -0.481 e. The Morgan fingerprint density at radius 1 is 1.00 bits per heavy atom. The lowest BCUT2D eigenvalue weighted by molar-refractivity contribution is -0.140. The number of hydrogen-bond acceptors (Lipinski definition) is 4. The van der Waals surface area contributed by atoms with Crippen molar-refractivity contribution in [3.05, 3.63) is 112 Å². The van der Waals surface area contributed by atoms with Crippen molar-refractivity contribution in [2.24, 2.45) is 5.92 Å². The van der Waals surface area contributed by atoms with Crippen molar-refractivity contribution in [2.75, 3.05) is 5.75 Å². The molecule has 0 unspecified atom stereocenters. The van der Waals surface area contributed by atoms with Crippen molar-refractivity contribution in [3.63, 3.8) is 0 Å². The largest absolute Gasteiger partial charge is 0.481 e. The molecule has 0 aliphatic carbocycles. The third kappa shape index (κ3) is 7.33. The molecule has 0 aliphatic rings. The molecule has 1 aromatic heterocycles. The molecule has 0 saturated heterocycles. The predicted molar refractivity (Wildman–Crippen MR) is 159 cm³/mol. The molecule has 4 rings (SSSR count). The third-order valence-electron chi connectivity index (χ3n) is 6.45. The molecule has 2 atom stereocenters. The van der Waals surface area contributed by atoms with Gasteiger partial charge in [0.2, 0.25) is 0 Å². The molecular formula is C32H30ClNO3S. The third-order valence-corrected chi connectivity index (χ3v) is 8.28. The zero-order valence-corrected chi connectivity index (χ0v) is 23.0. The van der Waals surface area contributed by atoms with Crippen LogP contribution in [0.2, 0.25) is 5.02 Å². The Labute approximate surface area is 232 Å². The Morgan fingerprint density at radius 3 is 2.58 bits per heavy atom. The summed E-state index contributed by atoms with van der Waals surface area (Å²) in [5, 5.41) is 11.2. The second kappa shape index (κ2) is 12.9. The normalized spacial score (nSPS) is 13.0. The zero-order valence-electron chi connectivity index (χ0n) is 21.4. The number of carbonyl (C=O) groups excluding carboxylic acids is 1. The van der Waals surface area contributed by atoms with Crippen LogP contribution in [0.25, 0.3) is 23.1 Å². The summed E-state index contributed by atoms with van der Waals surface area (Å²) < 4.78 is 0. The second-order valence-electron chi connectivity index (χ2n) is 9.39. The van der Waals surface area contributed by atoms with Crippen molar-refractivity contribution < 1.29 is 14.7 Å². The summed E-state index contributed by atoms with van der Waals surface area (Å²) in [6, 6.07) is 25.7. The first kappa shape index (κ1) is 27.6. The highest BCUT2D eigenvalue weighted by Crippen LogP contribution is 2.35. The van der Waals surface area contributed by atoms with Gasteiger partial charge in [-0.25, -0.2) is 4.98 Å². The van der Waals surface area contributed by atoms with E-state index >= 15 is 0 Å². The Kier molecular flexibility index (Phi) is 9.38. The number of pyridine rings is 1. The Balaban J connectivity index is 1.56. The van der Waals surface area contributed by atoms with E-state index in [-0.39, 0.29) is 11.0 Å². The van der Waals surface area contributed by atoms with Gasteiger partial charge in [-0.15, -0.1) is 0 Å². The first-order chi connectivity index (χ1) is 18.3. The predicted octanol–water partition coefficient (Wildman–Crippen LogP) is 8.39. The number of aliphatic carboxylic acids is 1. The van der Waals surface area contributed by atoms with Crippen molar-refractivity contribution >= 4 is 58.2 Å². The fourth-order valence-electron chi connectivity index (χ4n) is 4.29. The van der Waals surface area contributed by atoms with Gasteiger partial charge in [0, 0.05) is 27.0 Å². The lowest BCUT2D eigenvalue weighted by atomic mass is 9.97. The summed E-state index contributed by atoms with van der Waals surface area (Å²) in [6.07, 6.45) is 5.55. The average molecular weight is 544 g/mol. The number of Topliss-reactive ketones (excluding diaryl/α,β-unsaturated/α-hetero) is 1. The van der Waals surface area contributed by atoms with Gasteiger partial charge in [-0.3, -0.25) is 9.59 Å². The number of nitrogens with zero attached hydrogens (tertiary/aromatic N) is 1. The average Bonchev–Trinajstić information content (AvgIpc) is 2.91. The van der Waals surface area contributed by atoms with Gasteiger partial charge in [-0.1, -0.05) is 85.3 Å². The maximum absolute atomic E-state index is 12.1. The molecule has 0 amide bonds. The number of carboxylic acids is 1. The van der Waals surface area contributed by atoms with Crippen LogP contribution in [0.1, 0.15) is 58.3 Å². The molecule has 0 bridgehead atoms. The summed E-state index contributed by atoms with van der Waals surface area (Å²) in [5.74, 6) is -0.666. The van der Waals surface area contributed by atoms with Gasteiger partial charge >= 0.3 is 5.97 Å². The first-order valence-electron chi connectivity index (χ1n) is 12.6. The molecule has 194 valence electrons. The van der Waals surface area contributed by atoms with Gasteiger partial charge in [0.25, 0.3) is 0 Å². The number of hydrogen-bond donors (Lipinski definition) is 1. The molecule has 38 heavy (non-hydrogen) atoms. The van der Waals surface area contributed by atoms with Gasteiger partial charge in [-0.05, 0) is 60.7 Å². The molecule has 4 nitrogen and oxygen atoms in total. The minimum atomic E-state index is -0.793. The summed E-state index contributed by atoms with van der Waals surface area (Å²) in [5.41, 5.74) is 5.63. The van der Waals surface area contributed by atoms with Crippen LogP contribution in [0.3, 0.4) is 0 Å². The molecule has 0 radical (unpaired) electrons. The van der Waals surface area contributed by atoms with Gasteiger partial charge in [0.15, 0.2) is 5.78 Å². The van der Waals surface area contributed by atoms with E-state index in [2.05, 4.69) is 12.1 Å². The van der Waals surface area contributed by atoms with Crippen molar-refractivity contribution in [1.29, 1.82) is 0 Å². The van der Waals surface area contributed by atoms with Gasteiger partial charge in [-0.2, -0.15) is 11.8 Å². The molecule has 0 fully saturated rings. The number of aryl methyl sites for hydroxylation is 1. The van der Waals surface area contributed by atoms with Gasteiger partial charge in [0.05, 0.1) is 17.1 Å². The monoisotopic (exact) mass is 543 g/mol. The lowest BCUT2D eigenvalue weighted by Crippen LogP contribution is -2.13. The maximum Gasteiger partial charge on any atom is 0.307 e. The fraction of sp³-hybridized carbons (Fsp3) is 0.219. The topological polar surface area (TPSA) is 67.3 Å². The highest BCUT2D eigenvalue weighted by atomic mass is 35.5. The van der Waals surface area contributed by atoms with Crippen molar-refractivity contribution in [1.82, 2.24) is 4.98 Å². The van der Waals surface area contributed by atoms with E-state index in [1.54, 1.807) is 25.6 Å². The lowest BCUT2D eigenvalue weighted by Gasteiger charge is -2.19. The van der Waals surface area contributed by atoms with Crippen LogP contribution in [0, 0.1) is 5.92 Å². The Hall–Kier alpha value is -3.41. The summed E-state index contributed by atoms with van der Waals surface area (Å²) in [4.78, 5) is 28.3. The van der Waals surface area contributed by atoms with Gasteiger partial charge in [0.1, 0.15) is 0 Å². The van der Waals surface area contributed by atoms with E-state index < -0.39 is 11.9 Å². The number of carbonyl (C=O) groups is 2. The summed E-state index contributed by atoms with van der Waals surface area (Å²) in [7, 11) is 0. The number of thioether (sulfide) groups is 1. The van der Waals surface area contributed by atoms with Crippen LogP contribution in [0.15, 0.2) is 78.9 Å². The summed E-state index contributed by atoms with van der Waals surface area (Å²) >= 11 is 7.79. The van der Waals surface area contributed by atoms with Crippen LogP contribution in [0.5, 0.6) is 0 Å². The molecule has 4 aromatic rings. The molecule has 1 heterocycles. The van der Waals surface area contributed by atoms with Crippen LogP contribution in [-0.2, 0) is 11.2 Å². The summed E-state index contributed by atoms with van der Waals surface area (Å²) in [6.45, 7) is 3.33. The van der Waals surface area contributed by atoms with Crippen LogP contribution in [0.4, 0.5) is 0 Å². The van der Waals surface area contributed by atoms with Crippen molar-refractivity contribution in [2.45, 2.75) is 31.9 Å². The molecule has 0 spiro atoms. The molecule has 0 saturated carbocycles. The minimum absolute atomic E-state index is 0.0565. The highest BCUT2D eigenvalue weighted by Gasteiger charge is 2.18. The standard InChI is InChI=1S/C32H30ClNO3S/c1-21(32(36)37)20-38-31(17-13-24-7-3-4-9-29(24)22(2)35)26-8-5-6-23(18-26)10-15-28-16-12-25-11-14-27(33)19-30(25)34-28/h3-12,14-16,18-19,21,31H,13,17,20H2,1-2H3,(H,36,37)/b15-10+/t21-,31-/m0/s1. The van der Waals surface area contributed by atoms with E-state index in [4.69, 9.17) is 16.6 Å². The number of rotatable bonds is 11. The van der Waals surface area contributed by atoms with Crippen molar-refractivity contribution in [3.8, 4) is 0 Å². The highest BCUT2D eigenvalue weighted by molar-refractivity contribution is 7.99. The van der Waals surface area contributed by atoms with E-state index in [0.29, 0.717) is 10.8 Å². The fourth-order valence-corrected chi connectivity index (χ4v) is 5.74. The van der Waals surface area contributed by atoms with Crippen LogP contribution < -0.4 is 0 Å². The van der Waals surface area contributed by atoms with E-state index in [1.807, 2.05) is 78.9 Å². The van der Waals surface area contributed by atoms with E-state index in [0.717, 1.165) is 51.7 Å². The number of benzene rings is 3. The smallest absolute Gasteiger partial charge is 0.307 e. The number of ketones is 1. The number of aromatic nitrogens is 1.